The predicted molar refractivity (Wildman–Crippen MR) is 79.6 cm³/mol. The highest BCUT2D eigenvalue weighted by molar-refractivity contribution is 5.74. The first kappa shape index (κ1) is 14.5. The molecule has 0 N–H and O–H groups in total. The molecule has 3 heterocycles. The zero-order valence-electron chi connectivity index (χ0n) is 12.8. The van der Waals surface area contributed by atoms with E-state index < -0.39 is 0 Å². The van der Waals surface area contributed by atoms with Gasteiger partial charge in [-0.3, -0.25) is 14.7 Å². The smallest absolute Gasteiger partial charge is 0.219 e. The predicted octanol–water partition coefficient (Wildman–Crippen LogP) is 1.15. The molecule has 1 spiro atoms. The van der Waals surface area contributed by atoms with Crippen LogP contribution in [0.25, 0.3) is 0 Å². The molecular weight excluding hydrogens is 266 g/mol. The second-order valence-electron chi connectivity index (χ2n) is 6.42. The molecule has 1 aromatic heterocycles. The number of carbonyl (C=O) groups is 1. The summed E-state index contributed by atoms with van der Waals surface area (Å²) in [6, 6.07) is 3.97. The Morgan fingerprint density at radius 1 is 1.43 bits per heavy atom. The normalized spacial score (nSPS) is 24.3. The average Bonchev–Trinajstić information content (AvgIpc) is 2.75. The van der Waals surface area contributed by atoms with Crippen LogP contribution < -0.4 is 0 Å². The summed E-state index contributed by atoms with van der Waals surface area (Å²) in [6.45, 7) is 5.89. The zero-order valence-corrected chi connectivity index (χ0v) is 12.8. The highest BCUT2D eigenvalue weighted by Crippen LogP contribution is 2.39. The van der Waals surface area contributed by atoms with Crippen LogP contribution in [0.1, 0.15) is 18.9 Å². The molecular formula is C16H23N3O2. The zero-order chi connectivity index (χ0) is 14.9. The lowest BCUT2D eigenvalue weighted by Crippen LogP contribution is -2.67. The van der Waals surface area contributed by atoms with E-state index in [0.717, 1.165) is 38.2 Å². The van der Waals surface area contributed by atoms with E-state index in [1.165, 1.54) is 0 Å². The fourth-order valence-corrected chi connectivity index (χ4v) is 3.53. The molecule has 2 saturated heterocycles. The number of ether oxygens (including phenoxy) is 1. The minimum absolute atomic E-state index is 0.186. The van der Waals surface area contributed by atoms with Gasteiger partial charge in [0.2, 0.25) is 5.91 Å². The summed E-state index contributed by atoms with van der Waals surface area (Å²) >= 11 is 0. The first-order valence-corrected chi connectivity index (χ1v) is 7.52. The Bertz CT molecular complexity index is 500. The van der Waals surface area contributed by atoms with Crippen LogP contribution in [0.3, 0.4) is 0 Å². The third-order valence-electron chi connectivity index (χ3n) is 4.80. The van der Waals surface area contributed by atoms with Crippen molar-refractivity contribution in [1.29, 1.82) is 0 Å². The summed E-state index contributed by atoms with van der Waals surface area (Å²) in [7, 11) is 2.17. The molecule has 5 nitrogen and oxygen atoms in total. The minimum Gasteiger partial charge on any atom is -0.376 e. The Balaban J connectivity index is 1.45. The molecule has 21 heavy (non-hydrogen) atoms. The summed E-state index contributed by atoms with van der Waals surface area (Å²) in [5.74, 6) is 0.748. The Kier molecular flexibility index (Phi) is 3.95. The highest BCUT2D eigenvalue weighted by Gasteiger charge is 2.52. The summed E-state index contributed by atoms with van der Waals surface area (Å²) in [5.41, 5.74) is 1.37. The van der Waals surface area contributed by atoms with Crippen molar-refractivity contribution in [3.63, 3.8) is 0 Å². The van der Waals surface area contributed by atoms with Crippen LogP contribution in [0, 0.1) is 5.92 Å². The van der Waals surface area contributed by atoms with Crippen molar-refractivity contribution in [3.8, 4) is 0 Å². The SMILES string of the molecule is CC(=O)N1CC2(C[C@H](COCc3ccncc3)CN2C)C1. The molecule has 0 saturated carbocycles. The van der Waals surface area contributed by atoms with Crippen molar-refractivity contribution >= 4 is 5.91 Å². The molecule has 2 fully saturated rings. The van der Waals surface area contributed by atoms with Crippen LogP contribution in [0.2, 0.25) is 0 Å². The van der Waals surface area contributed by atoms with E-state index in [0.29, 0.717) is 12.5 Å². The van der Waals surface area contributed by atoms with Crippen LogP contribution in [0.5, 0.6) is 0 Å². The average molecular weight is 289 g/mol. The van der Waals surface area contributed by atoms with Gasteiger partial charge in [-0.05, 0) is 37.1 Å². The third-order valence-corrected chi connectivity index (χ3v) is 4.80. The number of nitrogens with zero attached hydrogens (tertiary/aromatic N) is 3. The maximum absolute atomic E-state index is 11.4. The van der Waals surface area contributed by atoms with Crippen LogP contribution in [-0.2, 0) is 16.1 Å². The second kappa shape index (κ2) is 5.73. The number of pyridine rings is 1. The number of hydrogen-bond acceptors (Lipinski definition) is 4. The lowest BCUT2D eigenvalue weighted by atomic mass is 9.84. The van der Waals surface area contributed by atoms with E-state index in [1.807, 2.05) is 17.0 Å². The van der Waals surface area contributed by atoms with Crippen LogP contribution in [0.15, 0.2) is 24.5 Å². The number of carbonyl (C=O) groups excluding carboxylic acids is 1. The summed E-state index contributed by atoms with van der Waals surface area (Å²) < 4.78 is 5.85. The van der Waals surface area contributed by atoms with Gasteiger partial charge in [-0.2, -0.15) is 0 Å². The van der Waals surface area contributed by atoms with Gasteiger partial charge in [0, 0.05) is 39.0 Å². The number of amides is 1. The lowest BCUT2D eigenvalue weighted by Gasteiger charge is -2.51. The number of likely N-dealkylation sites (tertiary alicyclic amines) is 2. The molecule has 1 aromatic rings. The fourth-order valence-electron chi connectivity index (χ4n) is 3.53. The molecule has 2 aliphatic heterocycles. The van der Waals surface area contributed by atoms with Crippen LogP contribution >= 0.6 is 0 Å². The number of rotatable bonds is 4. The van der Waals surface area contributed by atoms with Crippen molar-refractivity contribution in [1.82, 2.24) is 14.8 Å². The third kappa shape index (κ3) is 2.94. The van der Waals surface area contributed by atoms with E-state index in [2.05, 4.69) is 16.9 Å². The van der Waals surface area contributed by atoms with Gasteiger partial charge in [0.1, 0.15) is 0 Å². The van der Waals surface area contributed by atoms with Crippen molar-refractivity contribution in [2.75, 3.05) is 33.3 Å². The van der Waals surface area contributed by atoms with Gasteiger partial charge in [-0.25, -0.2) is 0 Å². The molecule has 0 radical (unpaired) electrons. The van der Waals surface area contributed by atoms with Gasteiger partial charge in [-0.15, -0.1) is 0 Å². The molecule has 0 aromatic carbocycles. The minimum atomic E-state index is 0.186. The fraction of sp³-hybridized carbons (Fsp3) is 0.625. The summed E-state index contributed by atoms with van der Waals surface area (Å²) in [5, 5.41) is 0. The quantitative estimate of drug-likeness (QED) is 0.834. The molecule has 0 bridgehead atoms. The first-order chi connectivity index (χ1) is 10.1. The number of aromatic nitrogens is 1. The Labute approximate surface area is 125 Å². The molecule has 5 heteroatoms. The summed E-state index contributed by atoms with van der Waals surface area (Å²) in [4.78, 5) is 19.7. The van der Waals surface area contributed by atoms with Crippen LogP contribution in [0.4, 0.5) is 0 Å². The maximum atomic E-state index is 11.4. The number of likely N-dealkylation sites (N-methyl/N-ethyl adjacent to an activating group) is 1. The standard InChI is InChI=1S/C16H23N3O2/c1-13(20)19-11-16(12-19)7-15(8-18(16)2)10-21-9-14-3-5-17-6-4-14/h3-6,15H,7-12H2,1-2H3/t15-/m0/s1. The Morgan fingerprint density at radius 3 is 2.81 bits per heavy atom. The van der Waals surface area contributed by atoms with Crippen molar-refractivity contribution in [2.24, 2.45) is 5.92 Å². The molecule has 114 valence electrons. The number of hydrogen-bond donors (Lipinski definition) is 0. The Hall–Kier alpha value is -1.46. The van der Waals surface area contributed by atoms with E-state index in [1.54, 1.807) is 19.3 Å². The molecule has 0 aliphatic carbocycles. The van der Waals surface area contributed by atoms with E-state index >= 15 is 0 Å². The highest BCUT2D eigenvalue weighted by atomic mass is 16.5. The van der Waals surface area contributed by atoms with Crippen molar-refractivity contribution < 1.29 is 9.53 Å². The van der Waals surface area contributed by atoms with Gasteiger partial charge in [0.05, 0.1) is 18.8 Å². The van der Waals surface area contributed by atoms with Gasteiger partial charge in [0.15, 0.2) is 0 Å². The molecule has 3 rings (SSSR count). The van der Waals surface area contributed by atoms with Crippen molar-refractivity contribution in [2.45, 2.75) is 25.5 Å². The van der Waals surface area contributed by atoms with Crippen molar-refractivity contribution in [3.05, 3.63) is 30.1 Å². The van der Waals surface area contributed by atoms with Gasteiger partial charge < -0.3 is 9.64 Å². The van der Waals surface area contributed by atoms with E-state index in [4.69, 9.17) is 4.74 Å². The molecule has 0 unspecified atom stereocenters. The largest absolute Gasteiger partial charge is 0.376 e. The monoisotopic (exact) mass is 289 g/mol. The molecule has 1 atom stereocenters. The van der Waals surface area contributed by atoms with Gasteiger partial charge >= 0.3 is 0 Å². The molecule has 1 amide bonds. The lowest BCUT2D eigenvalue weighted by molar-refractivity contribution is -0.141. The maximum Gasteiger partial charge on any atom is 0.219 e. The van der Waals surface area contributed by atoms with Crippen LogP contribution in [-0.4, -0.2) is 59.5 Å². The second-order valence-corrected chi connectivity index (χ2v) is 6.42. The summed E-state index contributed by atoms with van der Waals surface area (Å²) in [6.07, 6.45) is 4.72. The molecule has 2 aliphatic rings. The topological polar surface area (TPSA) is 45.7 Å². The van der Waals surface area contributed by atoms with E-state index in [-0.39, 0.29) is 11.4 Å². The van der Waals surface area contributed by atoms with Gasteiger partial charge in [-0.1, -0.05) is 0 Å². The Morgan fingerprint density at radius 2 is 2.14 bits per heavy atom. The first-order valence-electron chi connectivity index (χ1n) is 7.52. The van der Waals surface area contributed by atoms with E-state index in [9.17, 15) is 4.79 Å². The van der Waals surface area contributed by atoms with Gasteiger partial charge in [0.25, 0.3) is 0 Å².